The highest BCUT2D eigenvalue weighted by Crippen LogP contribution is 2.30. The molecule has 0 heterocycles. The van der Waals surface area contributed by atoms with Gasteiger partial charge in [-0.25, -0.2) is 0 Å². The van der Waals surface area contributed by atoms with E-state index in [0.29, 0.717) is 12.3 Å². The maximum atomic E-state index is 12.2. The molecule has 1 N–H and O–H groups in total. The van der Waals surface area contributed by atoms with Gasteiger partial charge in [-0.05, 0) is 46.5 Å². The Morgan fingerprint density at radius 3 is 2.19 bits per heavy atom. The van der Waals surface area contributed by atoms with Crippen molar-refractivity contribution >= 4 is 16.9 Å². The Labute approximate surface area is 134 Å². The average Bonchev–Trinajstić information content (AvgIpc) is 2.34. The molecule has 0 aromatic rings. The summed E-state index contributed by atoms with van der Waals surface area (Å²) in [6.45, 7) is 13.9. The van der Waals surface area contributed by atoms with Crippen molar-refractivity contribution in [1.82, 2.24) is 0 Å². The van der Waals surface area contributed by atoms with Crippen LogP contribution in [-0.2, 0) is 4.79 Å². The van der Waals surface area contributed by atoms with Crippen molar-refractivity contribution < 1.29 is 9.90 Å². The minimum atomic E-state index is -1.10. The van der Waals surface area contributed by atoms with Crippen molar-refractivity contribution in [3.05, 3.63) is 0 Å². The van der Waals surface area contributed by atoms with Crippen LogP contribution in [0.15, 0.2) is 10.2 Å². The predicted octanol–water partition coefficient (Wildman–Crippen LogP) is 4.46. The Bertz CT molecular complexity index is 351. The summed E-state index contributed by atoms with van der Waals surface area (Å²) in [4.78, 5) is 12.2. The number of aliphatic hydroxyl groups is 1. The fourth-order valence-corrected chi connectivity index (χ4v) is 2.99. The van der Waals surface area contributed by atoms with E-state index in [1.807, 2.05) is 27.7 Å². The van der Waals surface area contributed by atoms with Gasteiger partial charge in [0.25, 0.3) is 0 Å². The summed E-state index contributed by atoms with van der Waals surface area (Å²) in [6, 6.07) is 0. The maximum Gasteiger partial charge on any atom is 0.219 e. The molecule has 0 saturated heterocycles. The van der Waals surface area contributed by atoms with Gasteiger partial charge >= 0.3 is 0 Å². The quantitative estimate of drug-likeness (QED) is 0.531. The van der Waals surface area contributed by atoms with Gasteiger partial charge in [0.05, 0.1) is 5.54 Å². The molecule has 5 heteroatoms. The van der Waals surface area contributed by atoms with E-state index in [1.165, 1.54) is 11.8 Å². The molecule has 0 aliphatic rings. The number of nitrogens with zero attached hydrogens (tertiary/aromatic N) is 2. The van der Waals surface area contributed by atoms with Gasteiger partial charge in [0.2, 0.25) is 5.12 Å². The average molecular weight is 317 g/mol. The number of thioether (sulfide) groups is 1. The smallest absolute Gasteiger partial charge is 0.219 e. The zero-order valence-electron chi connectivity index (χ0n) is 14.6. The Hall–Kier alpha value is -0.420. The molecule has 0 rings (SSSR count). The van der Waals surface area contributed by atoms with Crippen LogP contribution >= 0.6 is 11.8 Å². The summed E-state index contributed by atoms with van der Waals surface area (Å²) < 4.78 is 0. The van der Waals surface area contributed by atoms with Gasteiger partial charge in [0.15, 0.2) is 0 Å². The maximum absolute atomic E-state index is 12.2. The molecule has 0 fully saturated rings. The van der Waals surface area contributed by atoms with E-state index in [0.717, 1.165) is 18.6 Å². The molecule has 1 unspecified atom stereocenters. The molecular formula is C16H32N2O2S. The standard InChI is InChI=1S/C16H32N2O2S/c1-8-9-10-21-14(20)13(19)16(7,11-12(2)3)18-17-15(4,5)6/h12-13,19H,8-11H2,1-7H3/t13-,16?/m1/s1. The first-order valence-corrected chi connectivity index (χ1v) is 8.79. The number of aliphatic hydroxyl groups excluding tert-OH is 1. The Morgan fingerprint density at radius 1 is 1.19 bits per heavy atom. The second-order valence-electron chi connectivity index (χ2n) is 7.25. The molecule has 0 aromatic heterocycles. The lowest BCUT2D eigenvalue weighted by Crippen LogP contribution is -2.43. The van der Waals surface area contributed by atoms with Crippen LogP contribution < -0.4 is 0 Å². The van der Waals surface area contributed by atoms with E-state index in [1.54, 1.807) is 0 Å². The second-order valence-corrected chi connectivity index (χ2v) is 8.35. The minimum Gasteiger partial charge on any atom is -0.382 e. The molecule has 4 nitrogen and oxygen atoms in total. The lowest BCUT2D eigenvalue weighted by atomic mass is 9.87. The molecule has 0 spiro atoms. The third-order valence-electron chi connectivity index (χ3n) is 2.95. The van der Waals surface area contributed by atoms with Crippen LogP contribution in [0.3, 0.4) is 0 Å². The normalized spacial score (nSPS) is 17.2. The third-order valence-corrected chi connectivity index (χ3v) is 3.96. The number of azo groups is 1. The van der Waals surface area contributed by atoms with E-state index < -0.39 is 11.6 Å². The van der Waals surface area contributed by atoms with Crippen molar-refractivity contribution in [2.24, 2.45) is 16.1 Å². The molecule has 0 bridgehead atoms. The van der Waals surface area contributed by atoms with Crippen LogP contribution in [0, 0.1) is 5.92 Å². The summed E-state index contributed by atoms with van der Waals surface area (Å²) in [5.74, 6) is 1.08. The highest BCUT2D eigenvalue weighted by molar-refractivity contribution is 8.13. The van der Waals surface area contributed by atoms with Gasteiger partial charge in [-0.2, -0.15) is 10.2 Å². The van der Waals surface area contributed by atoms with Gasteiger partial charge < -0.3 is 5.11 Å². The molecule has 0 saturated carbocycles. The molecule has 0 aliphatic heterocycles. The van der Waals surface area contributed by atoms with Crippen LogP contribution in [0.5, 0.6) is 0 Å². The predicted molar refractivity (Wildman–Crippen MR) is 90.8 cm³/mol. The zero-order chi connectivity index (χ0) is 16.7. The lowest BCUT2D eigenvalue weighted by molar-refractivity contribution is -0.121. The summed E-state index contributed by atoms with van der Waals surface area (Å²) in [7, 11) is 0. The summed E-state index contributed by atoms with van der Waals surface area (Å²) in [6.07, 6.45) is 1.55. The number of hydrogen-bond donors (Lipinski definition) is 1. The van der Waals surface area contributed by atoms with E-state index >= 15 is 0 Å². The molecule has 124 valence electrons. The van der Waals surface area contributed by atoms with E-state index in [2.05, 4.69) is 31.0 Å². The topological polar surface area (TPSA) is 62.0 Å². The first-order chi connectivity index (χ1) is 9.52. The Balaban J connectivity index is 5.03. The molecule has 0 amide bonds. The van der Waals surface area contributed by atoms with Crippen molar-refractivity contribution in [2.45, 2.75) is 84.9 Å². The van der Waals surface area contributed by atoms with Gasteiger partial charge in [0, 0.05) is 5.75 Å². The first-order valence-electron chi connectivity index (χ1n) is 7.80. The van der Waals surface area contributed by atoms with Gasteiger partial charge in [0.1, 0.15) is 11.6 Å². The molecule has 0 radical (unpaired) electrons. The van der Waals surface area contributed by atoms with Crippen molar-refractivity contribution in [1.29, 1.82) is 0 Å². The molecule has 21 heavy (non-hydrogen) atoms. The van der Waals surface area contributed by atoms with E-state index in [4.69, 9.17) is 0 Å². The third kappa shape index (κ3) is 8.57. The van der Waals surface area contributed by atoms with E-state index in [9.17, 15) is 9.90 Å². The van der Waals surface area contributed by atoms with Crippen LogP contribution in [0.25, 0.3) is 0 Å². The molecule has 2 atom stereocenters. The SMILES string of the molecule is CCCCSC(=O)[C@@H](O)C(C)(CC(C)C)N=NC(C)(C)C. The second kappa shape index (κ2) is 8.89. The Morgan fingerprint density at radius 2 is 1.76 bits per heavy atom. The van der Waals surface area contributed by atoms with Gasteiger partial charge in [-0.3, -0.25) is 4.79 Å². The minimum absolute atomic E-state index is 0.195. The summed E-state index contributed by atoms with van der Waals surface area (Å²) >= 11 is 1.21. The van der Waals surface area contributed by atoms with Crippen LogP contribution in [0.4, 0.5) is 0 Å². The van der Waals surface area contributed by atoms with Crippen molar-refractivity contribution in [3.63, 3.8) is 0 Å². The van der Waals surface area contributed by atoms with Gasteiger partial charge in [-0.1, -0.05) is 39.0 Å². The highest BCUT2D eigenvalue weighted by atomic mass is 32.2. The fraction of sp³-hybridized carbons (Fsp3) is 0.938. The molecule has 0 aliphatic carbocycles. The van der Waals surface area contributed by atoms with Crippen LogP contribution in [0.2, 0.25) is 0 Å². The van der Waals surface area contributed by atoms with Crippen molar-refractivity contribution in [2.75, 3.05) is 5.75 Å². The number of carbonyl (C=O) groups excluding carboxylic acids is 1. The Kier molecular flexibility index (Phi) is 8.71. The van der Waals surface area contributed by atoms with Crippen LogP contribution in [0.1, 0.15) is 67.7 Å². The molecular weight excluding hydrogens is 284 g/mol. The zero-order valence-corrected chi connectivity index (χ0v) is 15.5. The lowest BCUT2D eigenvalue weighted by Gasteiger charge is -2.31. The number of hydrogen-bond acceptors (Lipinski definition) is 5. The number of unbranched alkanes of at least 4 members (excludes halogenated alkanes) is 1. The molecule has 0 aromatic carbocycles. The van der Waals surface area contributed by atoms with Gasteiger partial charge in [-0.15, -0.1) is 0 Å². The summed E-state index contributed by atoms with van der Waals surface area (Å²) in [5, 5.41) is 18.9. The first kappa shape index (κ1) is 20.6. The number of rotatable bonds is 8. The monoisotopic (exact) mass is 316 g/mol. The fourth-order valence-electron chi connectivity index (χ4n) is 1.95. The summed E-state index contributed by atoms with van der Waals surface area (Å²) in [5.41, 5.74) is -1.16. The largest absolute Gasteiger partial charge is 0.382 e. The van der Waals surface area contributed by atoms with E-state index in [-0.39, 0.29) is 10.7 Å². The van der Waals surface area contributed by atoms with Crippen LogP contribution in [-0.4, -0.2) is 33.2 Å². The van der Waals surface area contributed by atoms with Crippen molar-refractivity contribution in [3.8, 4) is 0 Å². The highest BCUT2D eigenvalue weighted by Gasteiger charge is 2.39. The number of carbonyl (C=O) groups is 1.